The summed E-state index contributed by atoms with van der Waals surface area (Å²) in [6.45, 7) is 0. The number of carbonyl (C=O) groups is 4. The van der Waals surface area contributed by atoms with Crippen LogP contribution in [-0.4, -0.2) is 52.3 Å². The Bertz CT molecular complexity index is 620. The van der Waals surface area contributed by atoms with Crippen LogP contribution in [0, 0.1) is 35.5 Å². The maximum absolute atomic E-state index is 12.7. The van der Waals surface area contributed by atoms with Crippen LogP contribution in [0.1, 0.15) is 25.7 Å². The highest BCUT2D eigenvalue weighted by atomic mass is 16.5. The summed E-state index contributed by atoms with van der Waals surface area (Å²) in [4.78, 5) is 51.0. The smallest absolute Gasteiger partial charge is 0.310 e. The monoisotopic (exact) mass is 394 g/mol. The molecule has 0 amide bonds. The Morgan fingerprint density at radius 3 is 1.04 bits per heavy atom. The molecule has 1 saturated carbocycles. The lowest BCUT2D eigenvalue weighted by atomic mass is 9.46. The molecule has 0 spiro atoms. The lowest BCUT2D eigenvalue weighted by Gasteiger charge is -2.55. The predicted octanol–water partition coefficient (Wildman–Crippen LogP) is 1.27. The number of fused-ring (bicyclic) bond motifs is 2. The summed E-state index contributed by atoms with van der Waals surface area (Å²) in [5.41, 5.74) is 1.98. The highest BCUT2D eigenvalue weighted by Gasteiger charge is 2.66. The minimum absolute atomic E-state index is 0.584. The van der Waals surface area contributed by atoms with E-state index < -0.39 is 59.4 Å². The van der Waals surface area contributed by atoms with Gasteiger partial charge in [0.25, 0.3) is 0 Å². The molecule has 0 radical (unpaired) electrons. The highest BCUT2D eigenvalue weighted by Crippen LogP contribution is 2.61. The fourth-order valence-electron chi connectivity index (χ4n) is 5.64. The standard InChI is InChI=1S/C20H26O8/c1-25-17(21)13-11-9-7-5-6-8-10(9)12(14(13)18(22)26-2)16(20(24)28-4)15(11)19(23)27-3/h11-16H,5-8H2,1-4H3. The third kappa shape index (κ3) is 2.89. The van der Waals surface area contributed by atoms with Gasteiger partial charge < -0.3 is 18.9 Å². The normalized spacial score (nSPS) is 33.6. The van der Waals surface area contributed by atoms with Crippen molar-refractivity contribution in [1.29, 1.82) is 0 Å². The van der Waals surface area contributed by atoms with Crippen LogP contribution in [0.5, 0.6) is 0 Å². The van der Waals surface area contributed by atoms with Gasteiger partial charge in [0.15, 0.2) is 0 Å². The molecule has 1 fully saturated rings. The van der Waals surface area contributed by atoms with Crippen LogP contribution in [0.3, 0.4) is 0 Å². The van der Waals surface area contributed by atoms with Crippen molar-refractivity contribution in [3.05, 3.63) is 11.1 Å². The van der Waals surface area contributed by atoms with Gasteiger partial charge in [0.1, 0.15) is 0 Å². The Hall–Kier alpha value is -2.38. The van der Waals surface area contributed by atoms with Crippen LogP contribution in [0.15, 0.2) is 11.1 Å². The molecule has 0 aromatic rings. The Kier molecular flexibility index (Phi) is 5.76. The minimum Gasteiger partial charge on any atom is -0.469 e. The second-order valence-corrected chi connectivity index (χ2v) is 7.50. The average molecular weight is 394 g/mol. The zero-order chi connectivity index (χ0) is 20.6. The quantitative estimate of drug-likeness (QED) is 0.399. The fourth-order valence-corrected chi connectivity index (χ4v) is 5.64. The number of esters is 4. The molecule has 8 nitrogen and oxygen atoms in total. The molecule has 0 saturated heterocycles. The second kappa shape index (κ2) is 7.93. The molecule has 2 bridgehead atoms. The Morgan fingerprint density at radius 2 is 0.821 bits per heavy atom. The first-order valence-corrected chi connectivity index (χ1v) is 9.46. The van der Waals surface area contributed by atoms with Gasteiger partial charge >= 0.3 is 23.9 Å². The van der Waals surface area contributed by atoms with Gasteiger partial charge in [-0.3, -0.25) is 19.2 Å². The van der Waals surface area contributed by atoms with Crippen molar-refractivity contribution in [3.63, 3.8) is 0 Å². The number of hydrogen-bond acceptors (Lipinski definition) is 8. The van der Waals surface area contributed by atoms with Crippen molar-refractivity contribution in [2.24, 2.45) is 35.5 Å². The highest BCUT2D eigenvalue weighted by molar-refractivity contribution is 5.91. The van der Waals surface area contributed by atoms with Gasteiger partial charge in [-0.25, -0.2) is 0 Å². The summed E-state index contributed by atoms with van der Waals surface area (Å²) in [5.74, 6) is -7.22. The van der Waals surface area contributed by atoms with Gasteiger partial charge in [-0.05, 0) is 25.7 Å². The molecule has 4 unspecified atom stereocenters. The molecule has 4 aliphatic carbocycles. The van der Waals surface area contributed by atoms with Gasteiger partial charge in [0.2, 0.25) is 0 Å². The molecule has 154 valence electrons. The zero-order valence-corrected chi connectivity index (χ0v) is 16.6. The van der Waals surface area contributed by atoms with E-state index in [1.54, 1.807) is 0 Å². The first kappa shape index (κ1) is 20.4. The first-order chi connectivity index (χ1) is 13.4. The number of methoxy groups -OCH3 is 4. The molecular weight excluding hydrogens is 368 g/mol. The zero-order valence-electron chi connectivity index (χ0n) is 16.6. The van der Waals surface area contributed by atoms with Crippen molar-refractivity contribution in [1.82, 2.24) is 0 Å². The fraction of sp³-hybridized carbons (Fsp3) is 0.700. The van der Waals surface area contributed by atoms with Crippen LogP contribution >= 0.6 is 0 Å². The van der Waals surface area contributed by atoms with E-state index in [1.165, 1.54) is 28.4 Å². The summed E-state index contributed by atoms with van der Waals surface area (Å²) in [7, 11) is 5.00. The van der Waals surface area contributed by atoms with E-state index in [0.717, 1.165) is 36.8 Å². The summed E-state index contributed by atoms with van der Waals surface area (Å²) < 4.78 is 20.0. The third-order valence-corrected chi connectivity index (χ3v) is 6.57. The molecule has 0 aromatic heterocycles. The number of ether oxygens (including phenoxy) is 4. The van der Waals surface area contributed by atoms with Gasteiger partial charge in [0.05, 0.1) is 52.1 Å². The molecule has 28 heavy (non-hydrogen) atoms. The molecular formula is C20H26O8. The maximum atomic E-state index is 12.7. The average Bonchev–Trinajstić information content (AvgIpc) is 2.75. The van der Waals surface area contributed by atoms with Gasteiger partial charge in [0, 0.05) is 11.8 Å². The molecule has 8 heteroatoms. The van der Waals surface area contributed by atoms with Crippen LogP contribution in [0.4, 0.5) is 0 Å². The number of carbonyl (C=O) groups excluding carboxylic acids is 4. The first-order valence-electron chi connectivity index (χ1n) is 9.46. The number of hydrogen-bond donors (Lipinski definition) is 0. The van der Waals surface area contributed by atoms with Crippen molar-refractivity contribution in [3.8, 4) is 0 Å². The van der Waals surface area contributed by atoms with E-state index in [-0.39, 0.29) is 0 Å². The Balaban J connectivity index is 2.26. The lowest BCUT2D eigenvalue weighted by molar-refractivity contribution is -0.184. The summed E-state index contributed by atoms with van der Waals surface area (Å²) in [6, 6.07) is 0. The van der Waals surface area contributed by atoms with Gasteiger partial charge in [-0.15, -0.1) is 0 Å². The Morgan fingerprint density at radius 1 is 0.571 bits per heavy atom. The summed E-state index contributed by atoms with van der Waals surface area (Å²) in [6.07, 6.45) is 3.30. The minimum atomic E-state index is -0.899. The molecule has 4 atom stereocenters. The van der Waals surface area contributed by atoms with Crippen molar-refractivity contribution in [2.45, 2.75) is 25.7 Å². The molecule has 4 aliphatic rings. The third-order valence-electron chi connectivity index (χ3n) is 6.57. The van der Waals surface area contributed by atoms with E-state index in [9.17, 15) is 19.2 Å². The van der Waals surface area contributed by atoms with Crippen LogP contribution in [0.25, 0.3) is 0 Å². The van der Waals surface area contributed by atoms with Gasteiger partial charge in [-0.1, -0.05) is 11.1 Å². The lowest BCUT2D eigenvalue weighted by Crippen LogP contribution is -2.61. The van der Waals surface area contributed by atoms with E-state index in [1.807, 2.05) is 0 Å². The van der Waals surface area contributed by atoms with E-state index >= 15 is 0 Å². The summed E-state index contributed by atoms with van der Waals surface area (Å²) >= 11 is 0. The maximum Gasteiger partial charge on any atom is 0.310 e. The second-order valence-electron chi connectivity index (χ2n) is 7.50. The van der Waals surface area contributed by atoms with E-state index in [2.05, 4.69) is 0 Å². The molecule has 0 aliphatic heterocycles. The predicted molar refractivity (Wildman–Crippen MR) is 94.5 cm³/mol. The van der Waals surface area contributed by atoms with Gasteiger partial charge in [-0.2, -0.15) is 0 Å². The van der Waals surface area contributed by atoms with E-state index in [0.29, 0.717) is 0 Å². The SMILES string of the molecule is COC(=O)C1C(C(=O)OC)C2C3=C(CCCC3)C1C(C(=O)OC)C2C(=O)OC. The van der Waals surface area contributed by atoms with Crippen LogP contribution < -0.4 is 0 Å². The Labute approximate surface area is 163 Å². The van der Waals surface area contributed by atoms with Crippen LogP contribution in [-0.2, 0) is 38.1 Å². The van der Waals surface area contributed by atoms with Crippen molar-refractivity contribution >= 4 is 23.9 Å². The van der Waals surface area contributed by atoms with Crippen molar-refractivity contribution in [2.75, 3.05) is 28.4 Å². The van der Waals surface area contributed by atoms with E-state index in [4.69, 9.17) is 18.9 Å². The van der Waals surface area contributed by atoms with Crippen LogP contribution in [0.2, 0.25) is 0 Å². The van der Waals surface area contributed by atoms with Crippen molar-refractivity contribution < 1.29 is 38.1 Å². The molecule has 4 rings (SSSR count). The largest absolute Gasteiger partial charge is 0.469 e. The number of rotatable bonds is 4. The molecule has 0 heterocycles. The summed E-state index contributed by atoms with van der Waals surface area (Å²) in [5, 5.41) is 0. The molecule has 0 N–H and O–H groups in total. The topological polar surface area (TPSA) is 105 Å². The number of allylic oxidation sites excluding steroid dienone is 2. The molecule has 0 aromatic carbocycles.